The van der Waals surface area contributed by atoms with Crippen molar-refractivity contribution in [2.45, 2.75) is 16.2 Å². The monoisotopic (exact) mass is 377 g/mol. The van der Waals surface area contributed by atoms with Crippen molar-refractivity contribution >= 4 is 29.0 Å². The van der Waals surface area contributed by atoms with Crippen LogP contribution in [0.1, 0.15) is 16.9 Å². The Balaban J connectivity index is 1.43. The minimum absolute atomic E-state index is 0.113. The van der Waals surface area contributed by atoms with Crippen LogP contribution in [0.4, 0.5) is 11.4 Å². The molecule has 136 valence electrons. The maximum atomic E-state index is 12.2. The van der Waals surface area contributed by atoms with E-state index in [1.165, 1.54) is 33.4 Å². The third-order valence-electron chi connectivity index (χ3n) is 4.43. The second kappa shape index (κ2) is 7.72. The number of benzene rings is 2. The van der Waals surface area contributed by atoms with Crippen molar-refractivity contribution in [3.05, 3.63) is 83.8 Å². The van der Waals surface area contributed by atoms with Crippen LogP contribution in [0.15, 0.2) is 82.7 Å². The van der Waals surface area contributed by atoms with Crippen LogP contribution in [-0.4, -0.2) is 19.0 Å². The fourth-order valence-corrected chi connectivity index (χ4v) is 4.25. The molecule has 0 atom stereocenters. The maximum absolute atomic E-state index is 12.2. The Bertz CT molecular complexity index is 931. The van der Waals surface area contributed by atoms with Gasteiger partial charge in [-0.1, -0.05) is 36.0 Å². The van der Waals surface area contributed by atoms with Gasteiger partial charge in [0.05, 0.1) is 11.4 Å². The molecule has 2 heterocycles. The molecule has 0 bridgehead atoms. The molecular weight excluding hydrogens is 358 g/mol. The second-order valence-electron chi connectivity index (χ2n) is 6.21. The van der Waals surface area contributed by atoms with Crippen molar-refractivity contribution in [2.24, 2.45) is 0 Å². The van der Waals surface area contributed by atoms with Gasteiger partial charge in [0.25, 0.3) is 5.69 Å². The van der Waals surface area contributed by atoms with E-state index >= 15 is 0 Å². The molecule has 0 saturated carbocycles. The van der Waals surface area contributed by atoms with E-state index < -0.39 is 0 Å². The van der Waals surface area contributed by atoms with Crippen LogP contribution in [0.25, 0.3) is 0 Å². The topological polar surface area (TPSA) is 59.3 Å². The molecular formula is C21H19N3O2S. The molecule has 5 nitrogen and oxygen atoms in total. The van der Waals surface area contributed by atoms with Crippen molar-refractivity contribution in [1.82, 2.24) is 5.32 Å². The van der Waals surface area contributed by atoms with E-state index in [-0.39, 0.29) is 11.6 Å². The lowest BCUT2D eigenvalue weighted by Crippen LogP contribution is -2.39. The zero-order chi connectivity index (χ0) is 18.6. The van der Waals surface area contributed by atoms with E-state index in [9.17, 15) is 10.0 Å². The van der Waals surface area contributed by atoms with Gasteiger partial charge in [-0.3, -0.25) is 4.79 Å². The number of carbonyl (C=O) groups excluding carboxylic acids is 1. The van der Waals surface area contributed by atoms with Crippen LogP contribution in [-0.2, 0) is 0 Å². The Morgan fingerprint density at radius 3 is 2.26 bits per heavy atom. The fourth-order valence-electron chi connectivity index (χ4n) is 3.16. The fraction of sp³-hybridized carbons (Fsp3) is 0.143. The molecule has 0 fully saturated rings. The molecule has 0 unspecified atom stereocenters. The van der Waals surface area contributed by atoms with E-state index in [4.69, 9.17) is 0 Å². The number of para-hydroxylation sites is 2. The standard InChI is InChI=1S/C21H19N3O2S/c25-21(18-10-5-6-15-24(18)26)22-13-7-14-23-16-8-1-3-11-19(16)27-20-12-4-2-9-17(20)23/h1-6,8-12,15H,7,13-14H2,(H,22,25). The Morgan fingerprint density at radius 1 is 0.963 bits per heavy atom. The third-order valence-corrected chi connectivity index (χ3v) is 5.56. The lowest BCUT2D eigenvalue weighted by atomic mass is 10.2. The Labute approximate surface area is 162 Å². The number of carbonyl (C=O) groups is 1. The highest BCUT2D eigenvalue weighted by atomic mass is 32.2. The predicted octanol–water partition coefficient (Wildman–Crippen LogP) is 3.74. The highest BCUT2D eigenvalue weighted by Crippen LogP contribution is 2.47. The summed E-state index contributed by atoms with van der Waals surface area (Å²) in [5, 5.41) is 14.5. The average Bonchev–Trinajstić information content (AvgIpc) is 2.70. The van der Waals surface area contributed by atoms with Crippen LogP contribution < -0.4 is 14.9 Å². The Hall–Kier alpha value is -2.99. The Kier molecular flexibility index (Phi) is 4.98. The first-order valence-corrected chi connectivity index (χ1v) is 9.65. The van der Waals surface area contributed by atoms with Crippen LogP contribution in [0.5, 0.6) is 0 Å². The quantitative estimate of drug-likeness (QED) is 0.418. The molecule has 1 aromatic heterocycles. The molecule has 1 N–H and O–H groups in total. The van der Waals surface area contributed by atoms with Crippen molar-refractivity contribution in [1.29, 1.82) is 0 Å². The zero-order valence-electron chi connectivity index (χ0n) is 14.7. The summed E-state index contributed by atoms with van der Waals surface area (Å²) in [5.41, 5.74) is 2.49. The van der Waals surface area contributed by atoms with Gasteiger partial charge in [0, 0.05) is 35.0 Å². The van der Waals surface area contributed by atoms with Gasteiger partial charge >= 0.3 is 5.91 Å². The molecule has 0 radical (unpaired) electrons. The van der Waals surface area contributed by atoms with Gasteiger partial charge in [-0.25, -0.2) is 0 Å². The molecule has 1 aliphatic rings. The number of hydrogen-bond donors (Lipinski definition) is 1. The number of hydrogen-bond acceptors (Lipinski definition) is 4. The normalized spacial score (nSPS) is 12.2. The van der Waals surface area contributed by atoms with Crippen molar-refractivity contribution in [3.63, 3.8) is 0 Å². The molecule has 0 saturated heterocycles. The minimum Gasteiger partial charge on any atom is -0.618 e. The Morgan fingerprint density at radius 2 is 1.59 bits per heavy atom. The van der Waals surface area contributed by atoms with Gasteiger partial charge in [0.2, 0.25) is 0 Å². The highest BCUT2D eigenvalue weighted by molar-refractivity contribution is 7.99. The van der Waals surface area contributed by atoms with Gasteiger partial charge in [-0.15, -0.1) is 0 Å². The van der Waals surface area contributed by atoms with Gasteiger partial charge < -0.3 is 15.4 Å². The molecule has 1 amide bonds. The summed E-state index contributed by atoms with van der Waals surface area (Å²) in [7, 11) is 0. The second-order valence-corrected chi connectivity index (χ2v) is 7.29. The minimum atomic E-state index is -0.347. The van der Waals surface area contributed by atoms with Crippen LogP contribution in [0.2, 0.25) is 0 Å². The van der Waals surface area contributed by atoms with E-state index in [1.54, 1.807) is 23.9 Å². The SMILES string of the molecule is O=C(NCCCN1c2ccccc2Sc2ccccc21)c1cccc[n+]1[O-]. The largest absolute Gasteiger partial charge is 0.618 e. The van der Waals surface area contributed by atoms with Gasteiger partial charge in [-0.05, 0) is 36.8 Å². The lowest BCUT2D eigenvalue weighted by molar-refractivity contribution is -0.607. The van der Waals surface area contributed by atoms with Gasteiger partial charge in [-0.2, -0.15) is 4.73 Å². The molecule has 1 aliphatic heterocycles. The lowest BCUT2D eigenvalue weighted by Gasteiger charge is -2.32. The van der Waals surface area contributed by atoms with Crippen molar-refractivity contribution in [2.75, 3.05) is 18.0 Å². The summed E-state index contributed by atoms with van der Waals surface area (Å²) in [6.45, 7) is 1.28. The zero-order valence-corrected chi connectivity index (χ0v) is 15.5. The van der Waals surface area contributed by atoms with Crippen molar-refractivity contribution in [3.8, 4) is 0 Å². The average molecular weight is 377 g/mol. The first-order chi connectivity index (χ1) is 13.2. The first kappa shape index (κ1) is 17.4. The number of fused-ring (bicyclic) bond motifs is 2. The first-order valence-electron chi connectivity index (χ1n) is 8.84. The molecule has 2 aromatic carbocycles. The number of rotatable bonds is 5. The summed E-state index contributed by atoms with van der Waals surface area (Å²) < 4.78 is 0.587. The molecule has 27 heavy (non-hydrogen) atoms. The summed E-state index contributed by atoms with van der Waals surface area (Å²) in [5.74, 6) is -0.347. The van der Waals surface area contributed by atoms with Crippen molar-refractivity contribution < 1.29 is 9.52 Å². The highest BCUT2D eigenvalue weighted by Gasteiger charge is 2.22. The number of nitrogens with zero attached hydrogens (tertiary/aromatic N) is 2. The summed E-state index contributed by atoms with van der Waals surface area (Å²) in [6.07, 6.45) is 2.10. The smallest absolute Gasteiger partial charge is 0.317 e. The van der Waals surface area contributed by atoms with Crippen LogP contribution in [0, 0.1) is 5.21 Å². The summed E-state index contributed by atoms with van der Waals surface area (Å²) in [4.78, 5) is 16.9. The van der Waals surface area contributed by atoms with E-state index in [0.29, 0.717) is 11.3 Å². The maximum Gasteiger partial charge on any atom is 0.317 e. The third kappa shape index (κ3) is 3.61. The molecule has 0 aliphatic carbocycles. The number of amides is 1. The van der Waals surface area contributed by atoms with E-state index in [0.717, 1.165) is 13.0 Å². The van der Waals surface area contributed by atoms with Gasteiger partial charge in [0.15, 0.2) is 6.20 Å². The number of aromatic nitrogens is 1. The van der Waals surface area contributed by atoms with Gasteiger partial charge in [0.1, 0.15) is 0 Å². The molecule has 0 spiro atoms. The molecule has 4 rings (SSSR count). The number of anilines is 2. The van der Waals surface area contributed by atoms with Crippen LogP contribution in [0.3, 0.4) is 0 Å². The summed E-state index contributed by atoms with van der Waals surface area (Å²) >= 11 is 1.78. The number of nitrogens with one attached hydrogen (secondary N) is 1. The summed E-state index contributed by atoms with van der Waals surface area (Å²) in [6, 6.07) is 21.5. The van der Waals surface area contributed by atoms with Crippen LogP contribution >= 0.6 is 11.8 Å². The predicted molar refractivity (Wildman–Crippen MR) is 106 cm³/mol. The van der Waals surface area contributed by atoms with E-state index in [1.807, 2.05) is 12.1 Å². The molecule has 6 heteroatoms. The number of pyridine rings is 1. The molecule has 3 aromatic rings. The van der Waals surface area contributed by atoms with E-state index in [2.05, 4.69) is 46.6 Å².